The van der Waals surface area contributed by atoms with Gasteiger partial charge in [0.15, 0.2) is 0 Å². The van der Waals surface area contributed by atoms with Gasteiger partial charge in [0.05, 0.1) is 11.5 Å². The van der Waals surface area contributed by atoms with Gasteiger partial charge in [-0.05, 0) is 42.5 Å². The molecule has 128 valence electrons. The van der Waals surface area contributed by atoms with E-state index in [1.807, 2.05) is 0 Å². The second-order valence-corrected chi connectivity index (χ2v) is 6.19. The SMILES string of the molecule is O=C(O)c1cccc(NC(=O)[C@@H]2CC(=O)N(c3ccc(Cl)cc3)C2)c1. The standard InChI is InChI=1S/C18H15ClN2O4/c19-13-4-6-15(7-5-13)21-10-12(9-16(21)22)17(23)20-14-3-1-2-11(8-14)18(24)25/h1-8,12H,9-10H2,(H,20,23)(H,24,25)/t12-/m1/s1. The lowest BCUT2D eigenvalue weighted by Gasteiger charge is -2.16. The van der Waals surface area contributed by atoms with Crippen LogP contribution in [0.2, 0.25) is 5.02 Å². The Bertz CT molecular complexity index is 835. The van der Waals surface area contributed by atoms with Crippen LogP contribution in [0.25, 0.3) is 0 Å². The van der Waals surface area contributed by atoms with Gasteiger partial charge in [-0.2, -0.15) is 0 Å². The maximum Gasteiger partial charge on any atom is 0.335 e. The van der Waals surface area contributed by atoms with Crippen molar-refractivity contribution in [3.63, 3.8) is 0 Å². The summed E-state index contributed by atoms with van der Waals surface area (Å²) in [6.45, 7) is 0.269. The third kappa shape index (κ3) is 3.80. The van der Waals surface area contributed by atoms with Crippen LogP contribution < -0.4 is 10.2 Å². The quantitative estimate of drug-likeness (QED) is 0.879. The molecule has 3 rings (SSSR count). The van der Waals surface area contributed by atoms with Crippen molar-refractivity contribution >= 4 is 40.8 Å². The molecule has 1 fully saturated rings. The van der Waals surface area contributed by atoms with E-state index in [2.05, 4.69) is 5.32 Å². The first-order valence-electron chi connectivity index (χ1n) is 7.64. The summed E-state index contributed by atoms with van der Waals surface area (Å²) in [6, 6.07) is 12.8. The Morgan fingerprint density at radius 3 is 2.56 bits per heavy atom. The molecule has 25 heavy (non-hydrogen) atoms. The van der Waals surface area contributed by atoms with E-state index in [4.69, 9.17) is 16.7 Å². The van der Waals surface area contributed by atoms with Crippen LogP contribution in [-0.2, 0) is 9.59 Å². The maximum absolute atomic E-state index is 12.4. The molecule has 1 heterocycles. The molecule has 0 aromatic heterocycles. The van der Waals surface area contributed by atoms with Crippen molar-refractivity contribution in [3.05, 3.63) is 59.1 Å². The highest BCUT2D eigenvalue weighted by Gasteiger charge is 2.35. The summed E-state index contributed by atoms with van der Waals surface area (Å²) < 4.78 is 0. The number of hydrogen-bond donors (Lipinski definition) is 2. The van der Waals surface area contributed by atoms with Crippen LogP contribution in [0.15, 0.2) is 48.5 Å². The predicted molar refractivity (Wildman–Crippen MR) is 93.9 cm³/mol. The highest BCUT2D eigenvalue weighted by Crippen LogP contribution is 2.27. The molecular weight excluding hydrogens is 344 g/mol. The summed E-state index contributed by atoms with van der Waals surface area (Å²) >= 11 is 5.85. The van der Waals surface area contributed by atoms with E-state index in [1.54, 1.807) is 41.3 Å². The Morgan fingerprint density at radius 2 is 1.88 bits per heavy atom. The summed E-state index contributed by atoms with van der Waals surface area (Å²) in [4.78, 5) is 37.2. The summed E-state index contributed by atoms with van der Waals surface area (Å²) in [7, 11) is 0. The number of carboxylic acids is 1. The van der Waals surface area contributed by atoms with Gasteiger partial charge < -0.3 is 15.3 Å². The number of amides is 2. The van der Waals surface area contributed by atoms with E-state index in [0.29, 0.717) is 16.4 Å². The fraction of sp³-hybridized carbons (Fsp3) is 0.167. The molecule has 2 N–H and O–H groups in total. The van der Waals surface area contributed by atoms with Gasteiger partial charge in [-0.3, -0.25) is 9.59 Å². The molecule has 0 unspecified atom stereocenters. The summed E-state index contributed by atoms with van der Waals surface area (Å²) in [5, 5.41) is 12.2. The molecule has 2 aromatic carbocycles. The Labute approximate surface area is 149 Å². The number of nitrogens with zero attached hydrogens (tertiary/aromatic N) is 1. The molecule has 0 radical (unpaired) electrons. The van der Waals surface area contributed by atoms with E-state index >= 15 is 0 Å². The van der Waals surface area contributed by atoms with E-state index in [1.165, 1.54) is 12.1 Å². The average Bonchev–Trinajstić information content (AvgIpc) is 2.98. The second-order valence-electron chi connectivity index (χ2n) is 5.76. The maximum atomic E-state index is 12.4. The van der Waals surface area contributed by atoms with Crippen LogP contribution >= 0.6 is 11.6 Å². The zero-order chi connectivity index (χ0) is 18.0. The van der Waals surface area contributed by atoms with Crippen molar-refractivity contribution in [2.45, 2.75) is 6.42 Å². The normalized spacial score (nSPS) is 16.8. The fourth-order valence-corrected chi connectivity index (χ4v) is 2.85. The van der Waals surface area contributed by atoms with Gasteiger partial charge in [0.1, 0.15) is 0 Å². The first-order valence-corrected chi connectivity index (χ1v) is 8.02. The van der Waals surface area contributed by atoms with E-state index in [9.17, 15) is 14.4 Å². The largest absolute Gasteiger partial charge is 0.478 e. The van der Waals surface area contributed by atoms with Crippen LogP contribution in [0.5, 0.6) is 0 Å². The van der Waals surface area contributed by atoms with Crippen molar-refractivity contribution < 1.29 is 19.5 Å². The number of anilines is 2. The molecule has 6 nitrogen and oxygen atoms in total. The number of aromatic carboxylic acids is 1. The molecule has 1 aliphatic rings. The molecule has 1 saturated heterocycles. The lowest BCUT2D eigenvalue weighted by Crippen LogP contribution is -2.28. The van der Waals surface area contributed by atoms with Crippen LogP contribution in [0, 0.1) is 5.92 Å². The number of halogens is 1. The molecule has 0 spiro atoms. The zero-order valence-corrected chi connectivity index (χ0v) is 13.9. The predicted octanol–water partition coefficient (Wildman–Crippen LogP) is 3.03. The topological polar surface area (TPSA) is 86.7 Å². The number of rotatable bonds is 4. The minimum absolute atomic E-state index is 0.0862. The molecule has 2 amide bonds. The minimum atomic E-state index is -1.07. The van der Waals surface area contributed by atoms with Gasteiger partial charge >= 0.3 is 5.97 Å². The van der Waals surface area contributed by atoms with Gasteiger partial charge in [0, 0.05) is 29.4 Å². The number of benzene rings is 2. The molecule has 0 bridgehead atoms. The van der Waals surface area contributed by atoms with Gasteiger partial charge in [0.2, 0.25) is 11.8 Å². The van der Waals surface area contributed by atoms with Crippen molar-refractivity contribution in [1.29, 1.82) is 0 Å². The van der Waals surface area contributed by atoms with Gasteiger partial charge in [-0.25, -0.2) is 4.79 Å². The zero-order valence-electron chi connectivity index (χ0n) is 13.1. The third-order valence-electron chi connectivity index (χ3n) is 4.01. The van der Waals surface area contributed by atoms with Gasteiger partial charge in [-0.15, -0.1) is 0 Å². The number of carbonyl (C=O) groups excluding carboxylic acids is 2. The van der Waals surface area contributed by atoms with Crippen molar-refractivity contribution in [3.8, 4) is 0 Å². The number of nitrogens with one attached hydrogen (secondary N) is 1. The molecule has 0 saturated carbocycles. The number of hydrogen-bond acceptors (Lipinski definition) is 3. The molecule has 1 aliphatic heterocycles. The molecule has 0 aliphatic carbocycles. The smallest absolute Gasteiger partial charge is 0.335 e. The summed E-state index contributed by atoms with van der Waals surface area (Å²) in [5.41, 5.74) is 1.17. The average molecular weight is 359 g/mol. The van der Waals surface area contributed by atoms with E-state index in [0.717, 1.165) is 0 Å². The number of carboxylic acid groups (broad SMARTS) is 1. The van der Waals surface area contributed by atoms with Crippen molar-refractivity contribution in [1.82, 2.24) is 0 Å². The first kappa shape index (κ1) is 17.0. The Balaban J connectivity index is 1.69. The lowest BCUT2D eigenvalue weighted by atomic mass is 10.1. The Morgan fingerprint density at radius 1 is 1.16 bits per heavy atom. The van der Waals surface area contributed by atoms with Crippen LogP contribution in [0.1, 0.15) is 16.8 Å². The highest BCUT2D eigenvalue weighted by molar-refractivity contribution is 6.30. The molecule has 7 heteroatoms. The second kappa shape index (κ2) is 6.94. The van der Waals surface area contributed by atoms with Crippen LogP contribution in [0.4, 0.5) is 11.4 Å². The lowest BCUT2D eigenvalue weighted by molar-refractivity contribution is -0.122. The van der Waals surface area contributed by atoms with E-state index < -0.39 is 11.9 Å². The highest BCUT2D eigenvalue weighted by atomic mass is 35.5. The van der Waals surface area contributed by atoms with Crippen LogP contribution in [0.3, 0.4) is 0 Å². The van der Waals surface area contributed by atoms with Crippen LogP contribution in [-0.4, -0.2) is 29.4 Å². The minimum Gasteiger partial charge on any atom is -0.478 e. The third-order valence-corrected chi connectivity index (χ3v) is 4.26. The van der Waals surface area contributed by atoms with Crippen molar-refractivity contribution in [2.75, 3.05) is 16.8 Å². The monoisotopic (exact) mass is 358 g/mol. The van der Waals surface area contributed by atoms with Gasteiger partial charge in [-0.1, -0.05) is 17.7 Å². The Hall–Kier alpha value is -2.86. The fourth-order valence-electron chi connectivity index (χ4n) is 2.73. The van der Waals surface area contributed by atoms with Crippen molar-refractivity contribution in [2.24, 2.45) is 5.92 Å². The summed E-state index contributed by atoms with van der Waals surface area (Å²) in [6.07, 6.45) is 0.104. The van der Waals surface area contributed by atoms with Gasteiger partial charge in [0.25, 0.3) is 0 Å². The first-order chi connectivity index (χ1) is 11.9. The number of carbonyl (C=O) groups is 3. The molecular formula is C18H15ClN2O4. The van der Waals surface area contributed by atoms with E-state index in [-0.39, 0.29) is 30.3 Å². The Kier molecular flexibility index (Phi) is 4.72. The summed E-state index contributed by atoms with van der Waals surface area (Å²) in [5.74, 6) is -2.02. The molecule has 1 atom stereocenters. The molecule has 2 aromatic rings.